The molecule has 4 nitrogen and oxygen atoms in total. The molecule has 0 bridgehead atoms. The maximum atomic E-state index is 13.9. The molecular formula is C16H19FN2O2S. The van der Waals surface area contributed by atoms with E-state index in [2.05, 4.69) is 0 Å². The van der Waals surface area contributed by atoms with Crippen LogP contribution < -0.4 is 4.90 Å². The zero-order chi connectivity index (χ0) is 15.4. The van der Waals surface area contributed by atoms with Gasteiger partial charge in [-0.15, -0.1) is 0 Å². The normalized spacial score (nSPS) is 25.8. The number of amides is 2. The molecule has 3 heterocycles. The number of halogens is 1. The van der Waals surface area contributed by atoms with Gasteiger partial charge in [-0.2, -0.15) is 11.3 Å². The SMILES string of the molecule is O=C(N1CCC2(CC1)CCN(c1ccsc1)C2=O)C1(F)CC1. The van der Waals surface area contributed by atoms with E-state index in [0.29, 0.717) is 38.8 Å². The zero-order valence-corrected chi connectivity index (χ0v) is 13.2. The van der Waals surface area contributed by atoms with Gasteiger partial charge in [0.25, 0.3) is 5.91 Å². The van der Waals surface area contributed by atoms with E-state index in [0.717, 1.165) is 18.7 Å². The van der Waals surface area contributed by atoms with Crippen LogP contribution in [0, 0.1) is 5.41 Å². The van der Waals surface area contributed by atoms with E-state index in [4.69, 9.17) is 0 Å². The molecule has 6 heteroatoms. The second-order valence-electron chi connectivity index (χ2n) is 6.73. The van der Waals surface area contributed by atoms with Crippen molar-refractivity contribution < 1.29 is 14.0 Å². The number of nitrogens with zero attached hydrogens (tertiary/aromatic N) is 2. The van der Waals surface area contributed by atoms with Crippen molar-refractivity contribution in [3.8, 4) is 0 Å². The van der Waals surface area contributed by atoms with Gasteiger partial charge in [0.15, 0.2) is 5.67 Å². The molecule has 1 spiro atoms. The molecule has 1 saturated carbocycles. The first kappa shape index (κ1) is 14.2. The summed E-state index contributed by atoms with van der Waals surface area (Å²) in [5.41, 5.74) is -0.954. The van der Waals surface area contributed by atoms with E-state index >= 15 is 0 Å². The average Bonchev–Trinajstić information content (AvgIpc) is 2.96. The Morgan fingerprint density at radius 3 is 2.41 bits per heavy atom. The van der Waals surface area contributed by atoms with Crippen molar-refractivity contribution in [1.29, 1.82) is 0 Å². The minimum atomic E-state index is -1.59. The number of carbonyl (C=O) groups is 2. The number of hydrogen-bond acceptors (Lipinski definition) is 3. The lowest BCUT2D eigenvalue weighted by Gasteiger charge is -2.38. The summed E-state index contributed by atoms with van der Waals surface area (Å²) in [6.45, 7) is 1.76. The minimum Gasteiger partial charge on any atom is -0.340 e. The summed E-state index contributed by atoms with van der Waals surface area (Å²) < 4.78 is 13.9. The standard InChI is InChI=1S/C16H19FN2O2S/c17-16(2-3-16)14(21)18-7-4-15(5-8-18)6-9-19(13(15)20)12-1-10-22-11-12/h1,10-11H,2-9H2. The van der Waals surface area contributed by atoms with Crippen molar-refractivity contribution in [3.63, 3.8) is 0 Å². The molecule has 1 aromatic rings. The molecule has 0 N–H and O–H groups in total. The molecule has 2 saturated heterocycles. The molecule has 1 aliphatic carbocycles. The molecule has 2 amide bonds. The van der Waals surface area contributed by atoms with Crippen molar-refractivity contribution in [3.05, 3.63) is 16.8 Å². The lowest BCUT2D eigenvalue weighted by atomic mass is 9.77. The van der Waals surface area contributed by atoms with Gasteiger partial charge >= 0.3 is 0 Å². The highest BCUT2D eigenvalue weighted by molar-refractivity contribution is 7.08. The Morgan fingerprint density at radius 1 is 1.14 bits per heavy atom. The van der Waals surface area contributed by atoms with Crippen LogP contribution in [0.2, 0.25) is 0 Å². The number of alkyl halides is 1. The molecule has 0 radical (unpaired) electrons. The van der Waals surface area contributed by atoms with Crippen LogP contribution in [0.15, 0.2) is 16.8 Å². The Labute approximate surface area is 132 Å². The van der Waals surface area contributed by atoms with Crippen LogP contribution in [0.1, 0.15) is 32.1 Å². The highest BCUT2D eigenvalue weighted by Gasteiger charge is 2.55. The molecule has 3 aliphatic rings. The molecule has 22 heavy (non-hydrogen) atoms. The Hall–Kier alpha value is -1.43. The number of carbonyl (C=O) groups excluding carboxylic acids is 2. The van der Waals surface area contributed by atoms with Gasteiger partial charge < -0.3 is 9.80 Å². The summed E-state index contributed by atoms with van der Waals surface area (Å²) in [6, 6.07) is 1.97. The van der Waals surface area contributed by atoms with E-state index in [1.54, 1.807) is 16.2 Å². The fourth-order valence-corrected chi connectivity index (χ4v) is 4.33. The molecule has 3 fully saturated rings. The van der Waals surface area contributed by atoms with Crippen molar-refractivity contribution in [2.24, 2.45) is 5.41 Å². The van der Waals surface area contributed by atoms with Gasteiger partial charge in [-0.25, -0.2) is 4.39 Å². The van der Waals surface area contributed by atoms with Crippen LogP contribution in [-0.4, -0.2) is 42.0 Å². The predicted octanol–water partition coefficient (Wildman–Crippen LogP) is 2.60. The third-order valence-corrected chi connectivity index (χ3v) is 6.08. The summed E-state index contributed by atoms with van der Waals surface area (Å²) in [5, 5.41) is 3.97. The highest BCUT2D eigenvalue weighted by atomic mass is 32.1. The third-order valence-electron chi connectivity index (χ3n) is 5.41. The smallest absolute Gasteiger partial charge is 0.260 e. The second kappa shape index (κ2) is 4.78. The van der Waals surface area contributed by atoms with Crippen LogP contribution in [0.3, 0.4) is 0 Å². The van der Waals surface area contributed by atoms with Gasteiger partial charge in [0, 0.05) is 25.0 Å². The van der Waals surface area contributed by atoms with Gasteiger partial charge in [0.1, 0.15) is 0 Å². The van der Waals surface area contributed by atoms with Gasteiger partial charge in [0.2, 0.25) is 5.91 Å². The second-order valence-corrected chi connectivity index (χ2v) is 7.51. The van der Waals surface area contributed by atoms with Crippen LogP contribution in [0.4, 0.5) is 10.1 Å². The molecule has 118 valence electrons. The van der Waals surface area contributed by atoms with E-state index in [9.17, 15) is 14.0 Å². The summed E-state index contributed by atoms with van der Waals surface area (Å²) in [6.07, 6.45) is 2.88. The largest absolute Gasteiger partial charge is 0.340 e. The number of thiophene rings is 1. The number of rotatable bonds is 2. The number of hydrogen-bond donors (Lipinski definition) is 0. The first-order valence-corrected chi connectivity index (χ1v) is 8.81. The minimum absolute atomic E-state index is 0.180. The molecule has 4 rings (SSSR count). The van der Waals surface area contributed by atoms with Crippen molar-refractivity contribution >= 4 is 28.8 Å². The van der Waals surface area contributed by atoms with Crippen molar-refractivity contribution in [2.75, 3.05) is 24.5 Å². The fraction of sp³-hybridized carbons (Fsp3) is 0.625. The Bertz CT molecular complexity index is 604. The van der Waals surface area contributed by atoms with Crippen molar-refractivity contribution in [1.82, 2.24) is 4.90 Å². The van der Waals surface area contributed by atoms with Crippen molar-refractivity contribution in [2.45, 2.75) is 37.8 Å². The maximum Gasteiger partial charge on any atom is 0.260 e. The first-order chi connectivity index (χ1) is 10.5. The number of likely N-dealkylation sites (tertiary alicyclic amines) is 1. The quantitative estimate of drug-likeness (QED) is 0.840. The lowest BCUT2D eigenvalue weighted by Crippen LogP contribution is -2.49. The Morgan fingerprint density at radius 2 is 1.82 bits per heavy atom. The van der Waals surface area contributed by atoms with Gasteiger partial charge in [-0.05, 0) is 43.6 Å². The van der Waals surface area contributed by atoms with Gasteiger partial charge in [-0.1, -0.05) is 0 Å². The van der Waals surface area contributed by atoms with Crippen LogP contribution in [0.5, 0.6) is 0 Å². The van der Waals surface area contributed by atoms with E-state index < -0.39 is 5.67 Å². The Balaban J connectivity index is 1.45. The average molecular weight is 322 g/mol. The molecule has 1 aromatic heterocycles. The van der Waals surface area contributed by atoms with Crippen LogP contribution in [0.25, 0.3) is 0 Å². The van der Waals surface area contributed by atoms with Crippen LogP contribution >= 0.6 is 11.3 Å². The maximum absolute atomic E-state index is 13.9. The molecular weight excluding hydrogens is 303 g/mol. The number of piperidine rings is 1. The van der Waals surface area contributed by atoms with E-state index in [-0.39, 0.29) is 17.2 Å². The topological polar surface area (TPSA) is 40.6 Å². The summed E-state index contributed by atoms with van der Waals surface area (Å²) >= 11 is 1.59. The highest BCUT2D eigenvalue weighted by Crippen LogP contribution is 2.46. The molecule has 0 aromatic carbocycles. The summed E-state index contributed by atoms with van der Waals surface area (Å²) in [4.78, 5) is 28.4. The predicted molar refractivity (Wildman–Crippen MR) is 82.6 cm³/mol. The molecule has 0 atom stereocenters. The third kappa shape index (κ3) is 2.07. The van der Waals surface area contributed by atoms with E-state index in [1.807, 2.05) is 21.7 Å². The lowest BCUT2D eigenvalue weighted by molar-refractivity contribution is -0.143. The summed E-state index contributed by atoms with van der Waals surface area (Å²) in [5.74, 6) is -0.179. The first-order valence-electron chi connectivity index (χ1n) is 7.87. The Kier molecular flexibility index (Phi) is 3.08. The fourth-order valence-electron chi connectivity index (χ4n) is 3.69. The monoisotopic (exact) mass is 322 g/mol. The van der Waals surface area contributed by atoms with Crippen LogP contribution in [-0.2, 0) is 9.59 Å². The summed E-state index contributed by atoms with van der Waals surface area (Å²) in [7, 11) is 0. The van der Waals surface area contributed by atoms with Gasteiger partial charge in [0.05, 0.1) is 11.1 Å². The van der Waals surface area contributed by atoms with Gasteiger partial charge in [-0.3, -0.25) is 9.59 Å². The molecule has 0 unspecified atom stereocenters. The zero-order valence-electron chi connectivity index (χ0n) is 12.4. The van der Waals surface area contributed by atoms with E-state index in [1.165, 1.54) is 0 Å². The molecule has 2 aliphatic heterocycles. The number of anilines is 1.